The Hall–Kier alpha value is -2.42. The molecule has 1 aromatic heterocycles. The first-order valence-corrected chi connectivity index (χ1v) is 6.16. The predicted octanol–water partition coefficient (Wildman–Crippen LogP) is -1.37. The standard InChI is InChI=1S/C11H13FN6O2/c12-7-5-10-9(17(19)11(13)15-18(10)20)6-8(7)16-3-1-14-2-4-16/h5-6,14H,1-4H2,(H2,13,15). The van der Waals surface area contributed by atoms with Crippen molar-refractivity contribution >= 4 is 22.7 Å². The van der Waals surface area contributed by atoms with Gasteiger partial charge in [-0.15, -0.1) is 0 Å². The van der Waals surface area contributed by atoms with Gasteiger partial charge in [0.05, 0.1) is 11.8 Å². The first kappa shape index (κ1) is 12.6. The van der Waals surface area contributed by atoms with Crippen LogP contribution in [-0.4, -0.2) is 31.3 Å². The van der Waals surface area contributed by atoms with Gasteiger partial charge in [0.15, 0.2) is 11.3 Å². The largest absolute Gasteiger partial charge is 0.739 e. The topological polar surface area (TPSA) is 108 Å². The van der Waals surface area contributed by atoms with Crippen LogP contribution in [0, 0.1) is 16.2 Å². The summed E-state index contributed by atoms with van der Waals surface area (Å²) in [4.78, 5) is 1.97. The number of hydrogen-bond donors (Lipinski definition) is 2. The molecule has 0 spiro atoms. The summed E-state index contributed by atoms with van der Waals surface area (Å²) in [7, 11) is 0. The Kier molecular flexibility index (Phi) is 2.90. The molecule has 2 aromatic rings. The highest BCUT2D eigenvalue weighted by Crippen LogP contribution is 2.23. The minimum absolute atomic E-state index is 0.00225. The van der Waals surface area contributed by atoms with Gasteiger partial charge in [-0.25, -0.2) is 9.12 Å². The number of hydrogen-bond acceptors (Lipinski definition) is 6. The summed E-state index contributed by atoms with van der Waals surface area (Å²) in [5.74, 6) is -1.03. The molecule has 2 heterocycles. The highest BCUT2D eigenvalue weighted by Gasteiger charge is 2.23. The molecule has 8 nitrogen and oxygen atoms in total. The zero-order chi connectivity index (χ0) is 14.3. The number of nitrogen functional groups attached to an aromatic ring is 1. The van der Waals surface area contributed by atoms with Gasteiger partial charge < -0.3 is 20.6 Å². The van der Waals surface area contributed by atoms with Gasteiger partial charge in [-0.2, -0.15) is 0 Å². The van der Waals surface area contributed by atoms with Crippen LogP contribution in [0.25, 0.3) is 11.0 Å². The Morgan fingerprint density at radius 1 is 1.25 bits per heavy atom. The Labute approximate surface area is 113 Å². The van der Waals surface area contributed by atoms with Crippen LogP contribution in [0.15, 0.2) is 12.1 Å². The van der Waals surface area contributed by atoms with E-state index in [0.29, 0.717) is 17.8 Å². The number of halogens is 1. The Morgan fingerprint density at radius 2 is 1.95 bits per heavy atom. The summed E-state index contributed by atoms with van der Waals surface area (Å²) in [5.41, 5.74) is 5.50. The van der Waals surface area contributed by atoms with Gasteiger partial charge in [-0.05, 0) is 0 Å². The second-order valence-electron chi connectivity index (χ2n) is 4.55. The van der Waals surface area contributed by atoms with Crippen LogP contribution in [-0.2, 0) is 0 Å². The fourth-order valence-corrected chi connectivity index (χ4v) is 2.32. The van der Waals surface area contributed by atoms with E-state index in [4.69, 9.17) is 5.73 Å². The number of nitrogens with one attached hydrogen (secondary N) is 1. The SMILES string of the molecule is Nc1n[n+]([O-])c2cc(F)c(N3CCNCC3)cc2[n+]1[O-]. The molecule has 1 aliphatic rings. The van der Waals surface area contributed by atoms with Crippen LogP contribution in [0.1, 0.15) is 0 Å². The summed E-state index contributed by atoms with van der Waals surface area (Å²) in [6, 6.07) is 2.36. The van der Waals surface area contributed by atoms with Crippen molar-refractivity contribution in [3.05, 3.63) is 28.4 Å². The molecular weight excluding hydrogens is 267 g/mol. The van der Waals surface area contributed by atoms with Crippen LogP contribution in [0.5, 0.6) is 0 Å². The van der Waals surface area contributed by atoms with E-state index < -0.39 is 11.8 Å². The summed E-state index contributed by atoms with van der Waals surface area (Å²) in [6.45, 7) is 2.71. The van der Waals surface area contributed by atoms with E-state index in [1.165, 1.54) is 6.07 Å². The number of piperazine rings is 1. The number of rotatable bonds is 1. The lowest BCUT2D eigenvalue weighted by atomic mass is 10.2. The number of anilines is 2. The van der Waals surface area contributed by atoms with Crippen molar-refractivity contribution in [3.8, 4) is 0 Å². The third-order valence-corrected chi connectivity index (χ3v) is 3.33. The fraction of sp³-hybridized carbons (Fsp3) is 0.364. The smallest absolute Gasteiger partial charge is 0.458 e. The van der Waals surface area contributed by atoms with Gasteiger partial charge in [0.2, 0.25) is 5.10 Å². The molecule has 0 bridgehead atoms. The minimum atomic E-state index is -0.560. The summed E-state index contributed by atoms with van der Waals surface area (Å²) in [6.07, 6.45) is 0. The number of aromatic nitrogens is 3. The quantitative estimate of drug-likeness (QED) is 0.493. The van der Waals surface area contributed by atoms with Gasteiger partial charge in [0.1, 0.15) is 0 Å². The molecule has 3 rings (SSSR count). The van der Waals surface area contributed by atoms with E-state index in [-0.39, 0.29) is 21.6 Å². The zero-order valence-electron chi connectivity index (χ0n) is 10.5. The summed E-state index contributed by atoms with van der Waals surface area (Å²) in [5, 5.41) is 29.9. The molecule has 9 heteroatoms. The fourth-order valence-electron chi connectivity index (χ4n) is 2.32. The minimum Gasteiger partial charge on any atom is -0.739 e. The molecule has 1 aromatic carbocycles. The molecule has 0 radical (unpaired) electrons. The van der Waals surface area contributed by atoms with Crippen molar-refractivity contribution < 1.29 is 14.0 Å². The molecule has 3 N–H and O–H groups in total. The van der Waals surface area contributed by atoms with E-state index in [2.05, 4.69) is 10.4 Å². The molecule has 0 amide bonds. The zero-order valence-corrected chi connectivity index (χ0v) is 10.5. The van der Waals surface area contributed by atoms with Gasteiger partial charge in [0, 0.05) is 37.1 Å². The maximum atomic E-state index is 14.1. The first-order chi connectivity index (χ1) is 9.58. The molecule has 1 aliphatic heterocycles. The average molecular weight is 280 g/mol. The van der Waals surface area contributed by atoms with Crippen molar-refractivity contribution in [2.24, 2.45) is 0 Å². The molecule has 20 heavy (non-hydrogen) atoms. The van der Waals surface area contributed by atoms with E-state index in [1.54, 1.807) is 0 Å². The van der Waals surface area contributed by atoms with Gasteiger partial charge in [-0.3, -0.25) is 5.73 Å². The lowest BCUT2D eigenvalue weighted by Crippen LogP contribution is -2.46. The van der Waals surface area contributed by atoms with E-state index in [0.717, 1.165) is 19.2 Å². The Balaban J connectivity index is 2.19. The van der Waals surface area contributed by atoms with Gasteiger partial charge in [-0.1, -0.05) is 0 Å². The number of nitrogens with two attached hydrogens (primary N) is 1. The third-order valence-electron chi connectivity index (χ3n) is 3.33. The van der Waals surface area contributed by atoms with Crippen LogP contribution in [0.4, 0.5) is 16.0 Å². The van der Waals surface area contributed by atoms with Crippen LogP contribution in [0.3, 0.4) is 0 Å². The van der Waals surface area contributed by atoms with E-state index in [9.17, 15) is 14.8 Å². The lowest BCUT2D eigenvalue weighted by molar-refractivity contribution is -0.672. The molecular formula is C11H13FN6O2. The van der Waals surface area contributed by atoms with Crippen molar-refractivity contribution in [2.45, 2.75) is 0 Å². The van der Waals surface area contributed by atoms with Gasteiger partial charge in [0.25, 0.3) is 0 Å². The van der Waals surface area contributed by atoms with Crippen LogP contribution >= 0.6 is 0 Å². The van der Waals surface area contributed by atoms with E-state index in [1.807, 2.05) is 4.90 Å². The summed E-state index contributed by atoms with van der Waals surface area (Å²) >= 11 is 0. The maximum Gasteiger partial charge on any atom is 0.458 e. The lowest BCUT2D eigenvalue weighted by Gasteiger charge is -2.29. The Morgan fingerprint density at radius 3 is 2.65 bits per heavy atom. The summed E-state index contributed by atoms with van der Waals surface area (Å²) < 4.78 is 14.5. The highest BCUT2D eigenvalue weighted by molar-refractivity contribution is 5.74. The Bertz CT molecular complexity index is 674. The molecule has 0 atom stereocenters. The second-order valence-corrected chi connectivity index (χ2v) is 4.55. The number of fused-ring (bicyclic) bond motifs is 1. The van der Waals surface area contributed by atoms with Crippen molar-refractivity contribution in [1.29, 1.82) is 0 Å². The normalized spacial score (nSPS) is 15.8. The third kappa shape index (κ3) is 1.92. The van der Waals surface area contributed by atoms with Crippen molar-refractivity contribution in [3.63, 3.8) is 0 Å². The molecule has 1 saturated heterocycles. The molecule has 0 aliphatic carbocycles. The molecule has 0 saturated carbocycles. The van der Waals surface area contributed by atoms with Crippen LogP contribution < -0.4 is 25.5 Å². The first-order valence-electron chi connectivity index (χ1n) is 6.16. The molecule has 0 unspecified atom stereocenters. The molecule has 1 fully saturated rings. The highest BCUT2D eigenvalue weighted by atomic mass is 19.1. The van der Waals surface area contributed by atoms with Crippen molar-refractivity contribution in [2.75, 3.05) is 36.8 Å². The molecule has 106 valence electrons. The average Bonchev–Trinajstić information content (AvgIpc) is 2.45. The maximum absolute atomic E-state index is 14.1. The second kappa shape index (κ2) is 4.60. The van der Waals surface area contributed by atoms with Crippen LogP contribution in [0.2, 0.25) is 0 Å². The monoisotopic (exact) mass is 280 g/mol. The van der Waals surface area contributed by atoms with E-state index >= 15 is 0 Å². The number of nitrogens with zero attached hydrogens (tertiary/aromatic N) is 4. The van der Waals surface area contributed by atoms with Crippen molar-refractivity contribution in [1.82, 2.24) is 10.4 Å². The van der Waals surface area contributed by atoms with Gasteiger partial charge >= 0.3 is 11.5 Å². The number of benzene rings is 1. The predicted molar refractivity (Wildman–Crippen MR) is 69.1 cm³/mol.